The third-order valence-corrected chi connectivity index (χ3v) is 6.14. The molecule has 4 rings (SSSR count). The first-order valence-electron chi connectivity index (χ1n) is 9.19. The van der Waals surface area contributed by atoms with Gasteiger partial charge in [0.05, 0.1) is 17.3 Å². The van der Waals surface area contributed by atoms with Crippen molar-refractivity contribution < 1.29 is 4.39 Å². The van der Waals surface area contributed by atoms with Crippen LogP contribution in [0.1, 0.15) is 29.8 Å². The fraction of sp³-hybridized carbons (Fsp3) is 0.143. The number of nitrogens with zero attached hydrogens (tertiary/aromatic N) is 4. The lowest BCUT2D eigenvalue weighted by molar-refractivity contribution is 0.628. The second-order valence-corrected chi connectivity index (χ2v) is 8.17. The maximum absolute atomic E-state index is 14.0. The second-order valence-electron chi connectivity index (χ2n) is 6.89. The van der Waals surface area contributed by atoms with Crippen molar-refractivity contribution in [3.05, 3.63) is 73.9 Å². The number of fused-ring (bicyclic) bond motifs is 1. The number of halogens is 2. The molecule has 4 aromatic rings. The fourth-order valence-corrected chi connectivity index (χ4v) is 4.60. The van der Waals surface area contributed by atoms with Gasteiger partial charge in [-0.3, -0.25) is 9.20 Å². The molecule has 0 bridgehead atoms. The van der Waals surface area contributed by atoms with Crippen LogP contribution in [0.25, 0.3) is 16.0 Å². The Bertz CT molecular complexity index is 1420. The first-order valence-corrected chi connectivity index (χ1v) is 10.4. The van der Waals surface area contributed by atoms with E-state index < -0.39 is 11.9 Å². The fourth-order valence-electron chi connectivity index (χ4n) is 3.45. The zero-order chi connectivity index (χ0) is 22.3. The third-order valence-electron chi connectivity index (χ3n) is 4.85. The van der Waals surface area contributed by atoms with Crippen LogP contribution in [0.4, 0.5) is 16.2 Å². The Morgan fingerprint density at radius 3 is 2.84 bits per heavy atom. The number of nitrogen functional groups attached to an aromatic ring is 1. The lowest BCUT2D eigenvalue weighted by atomic mass is 9.97. The molecular weight excluding hydrogens is 439 g/mol. The van der Waals surface area contributed by atoms with E-state index in [2.05, 4.69) is 21.4 Å². The molecule has 3 N–H and O–H groups in total. The van der Waals surface area contributed by atoms with Gasteiger partial charge in [-0.05, 0) is 43.2 Å². The molecule has 0 saturated heterocycles. The van der Waals surface area contributed by atoms with Crippen molar-refractivity contribution >= 4 is 39.5 Å². The predicted molar refractivity (Wildman–Crippen MR) is 120 cm³/mol. The summed E-state index contributed by atoms with van der Waals surface area (Å²) in [5.41, 5.74) is 7.41. The Labute approximate surface area is 185 Å². The highest BCUT2D eigenvalue weighted by Crippen LogP contribution is 2.32. The first kappa shape index (κ1) is 20.8. The minimum Gasteiger partial charge on any atom is -0.368 e. The molecule has 156 valence electrons. The van der Waals surface area contributed by atoms with E-state index in [1.54, 1.807) is 24.4 Å². The van der Waals surface area contributed by atoms with Crippen molar-refractivity contribution in [1.82, 2.24) is 14.4 Å². The van der Waals surface area contributed by atoms with Gasteiger partial charge >= 0.3 is 0 Å². The summed E-state index contributed by atoms with van der Waals surface area (Å²) in [6.07, 6.45) is 0. The largest absolute Gasteiger partial charge is 0.368 e. The van der Waals surface area contributed by atoms with E-state index in [0.717, 1.165) is 0 Å². The Morgan fingerprint density at radius 1 is 1.35 bits per heavy atom. The van der Waals surface area contributed by atoms with Crippen LogP contribution in [0.15, 0.2) is 40.5 Å². The van der Waals surface area contributed by atoms with Gasteiger partial charge in [0.2, 0.25) is 5.95 Å². The maximum atomic E-state index is 14.0. The molecule has 0 aliphatic carbocycles. The molecule has 0 amide bonds. The van der Waals surface area contributed by atoms with Gasteiger partial charge < -0.3 is 11.1 Å². The average molecular weight is 455 g/mol. The molecule has 0 radical (unpaired) electrons. The Balaban J connectivity index is 1.92. The normalized spacial score (nSPS) is 12.0. The number of nitriles is 1. The number of hydrogen-bond acceptors (Lipinski definition) is 7. The van der Waals surface area contributed by atoms with Gasteiger partial charge in [-0.25, -0.2) is 9.37 Å². The molecule has 1 aromatic carbocycles. The molecule has 1 atom stereocenters. The highest BCUT2D eigenvalue weighted by atomic mass is 35.5. The minimum absolute atomic E-state index is 0.0251. The van der Waals surface area contributed by atoms with Crippen molar-refractivity contribution in [2.45, 2.75) is 19.9 Å². The number of nitrogens with two attached hydrogens (primary N) is 1. The Hall–Kier alpha value is -3.48. The van der Waals surface area contributed by atoms with Gasteiger partial charge in [0, 0.05) is 5.38 Å². The molecular formula is C21H16ClFN6OS. The molecule has 31 heavy (non-hydrogen) atoms. The van der Waals surface area contributed by atoms with Gasteiger partial charge in [0.1, 0.15) is 33.3 Å². The summed E-state index contributed by atoms with van der Waals surface area (Å²) in [5, 5.41) is 14.6. The van der Waals surface area contributed by atoms with Crippen LogP contribution >= 0.6 is 22.9 Å². The van der Waals surface area contributed by atoms with E-state index >= 15 is 0 Å². The molecule has 10 heteroatoms. The zero-order valence-corrected chi connectivity index (χ0v) is 18.1. The number of hydrogen-bond donors (Lipinski definition) is 2. The van der Waals surface area contributed by atoms with Crippen molar-refractivity contribution in [1.29, 1.82) is 5.26 Å². The highest BCUT2D eigenvalue weighted by molar-refractivity contribution is 7.16. The number of anilines is 2. The number of pyridine rings is 1. The average Bonchev–Trinajstić information content (AvgIpc) is 3.08. The predicted octanol–water partition coefficient (Wildman–Crippen LogP) is 4.55. The molecule has 1 unspecified atom stereocenters. The molecule has 0 saturated carbocycles. The van der Waals surface area contributed by atoms with Gasteiger partial charge in [-0.2, -0.15) is 10.2 Å². The number of aromatic nitrogens is 3. The van der Waals surface area contributed by atoms with E-state index in [4.69, 9.17) is 17.3 Å². The van der Waals surface area contributed by atoms with Crippen LogP contribution < -0.4 is 16.6 Å². The molecule has 0 aliphatic rings. The van der Waals surface area contributed by atoms with Crippen molar-refractivity contribution in [2.24, 2.45) is 0 Å². The minimum atomic E-state index is -0.474. The van der Waals surface area contributed by atoms with Crippen molar-refractivity contribution in [2.75, 3.05) is 11.1 Å². The van der Waals surface area contributed by atoms with E-state index in [1.807, 2.05) is 13.0 Å². The summed E-state index contributed by atoms with van der Waals surface area (Å²) < 4.78 is 15.4. The monoisotopic (exact) mass is 454 g/mol. The van der Waals surface area contributed by atoms with Gasteiger partial charge in [-0.15, -0.1) is 11.3 Å². The summed E-state index contributed by atoms with van der Waals surface area (Å²) in [4.78, 5) is 22.2. The van der Waals surface area contributed by atoms with Crippen LogP contribution in [-0.2, 0) is 0 Å². The molecule has 0 fully saturated rings. The van der Waals surface area contributed by atoms with Crippen LogP contribution in [0.3, 0.4) is 0 Å². The Kier molecular flexibility index (Phi) is 5.35. The summed E-state index contributed by atoms with van der Waals surface area (Å²) in [6, 6.07) is 9.23. The lowest BCUT2D eigenvalue weighted by Crippen LogP contribution is -2.21. The summed E-state index contributed by atoms with van der Waals surface area (Å²) in [7, 11) is 0. The second kappa shape index (κ2) is 7.98. The topological polar surface area (TPSA) is 109 Å². The van der Waals surface area contributed by atoms with Gasteiger partial charge in [-0.1, -0.05) is 23.7 Å². The first-order chi connectivity index (χ1) is 14.8. The van der Waals surface area contributed by atoms with Gasteiger partial charge in [0.25, 0.3) is 5.56 Å². The van der Waals surface area contributed by atoms with E-state index in [-0.39, 0.29) is 28.0 Å². The quantitative estimate of drug-likeness (QED) is 0.468. The number of rotatable bonds is 4. The van der Waals surface area contributed by atoms with Crippen LogP contribution in [0.2, 0.25) is 5.15 Å². The van der Waals surface area contributed by atoms with E-state index in [0.29, 0.717) is 27.2 Å². The standard InChI is InChI=1S/C21H16ClFN6OS/c1-10(26-19-15(8-24)11(2)27-21(25)28-19)14-7-17-29(16(22)9-31-17)20(30)18(14)12-4-3-5-13(23)6-12/h3-7,9-10H,1-2H3,(H3,25,26,27,28). The molecule has 0 spiro atoms. The summed E-state index contributed by atoms with van der Waals surface area (Å²) in [6.45, 7) is 3.48. The number of nitrogens with one attached hydrogen (secondary N) is 1. The summed E-state index contributed by atoms with van der Waals surface area (Å²) >= 11 is 7.54. The zero-order valence-electron chi connectivity index (χ0n) is 16.5. The van der Waals surface area contributed by atoms with Crippen molar-refractivity contribution in [3.63, 3.8) is 0 Å². The number of aryl methyl sites for hydroxylation is 1. The number of thiazole rings is 1. The third kappa shape index (κ3) is 3.71. The molecule has 0 aliphatic heterocycles. The molecule has 3 aromatic heterocycles. The Morgan fingerprint density at radius 2 is 2.13 bits per heavy atom. The van der Waals surface area contributed by atoms with Crippen LogP contribution in [0.5, 0.6) is 0 Å². The smallest absolute Gasteiger partial charge is 0.265 e. The van der Waals surface area contributed by atoms with E-state index in [1.165, 1.54) is 27.9 Å². The summed E-state index contributed by atoms with van der Waals surface area (Å²) in [5.74, 6) is -0.178. The van der Waals surface area contributed by atoms with Crippen molar-refractivity contribution in [3.8, 4) is 17.2 Å². The molecule has 3 heterocycles. The maximum Gasteiger partial charge on any atom is 0.265 e. The van der Waals surface area contributed by atoms with Crippen LogP contribution in [0, 0.1) is 24.1 Å². The van der Waals surface area contributed by atoms with Gasteiger partial charge in [0.15, 0.2) is 0 Å². The molecule has 7 nitrogen and oxygen atoms in total. The van der Waals surface area contributed by atoms with E-state index in [9.17, 15) is 14.4 Å². The van der Waals surface area contributed by atoms with Crippen LogP contribution in [-0.4, -0.2) is 14.4 Å². The highest BCUT2D eigenvalue weighted by Gasteiger charge is 2.22. The lowest BCUT2D eigenvalue weighted by Gasteiger charge is -2.20. The SMILES string of the molecule is Cc1nc(N)nc(NC(C)c2cc3scc(Cl)n3c(=O)c2-c2cccc(F)c2)c1C#N. The number of benzene rings is 1.